The minimum atomic E-state index is -0.605. The second-order valence-corrected chi connectivity index (χ2v) is 11.7. The highest BCUT2D eigenvalue weighted by Crippen LogP contribution is 2.28. The van der Waals surface area contributed by atoms with Crippen LogP contribution >= 0.6 is 0 Å². The second kappa shape index (κ2) is 12.7. The van der Waals surface area contributed by atoms with E-state index in [0.717, 1.165) is 30.2 Å². The number of benzene rings is 1. The van der Waals surface area contributed by atoms with Gasteiger partial charge in [0.05, 0.1) is 23.2 Å². The van der Waals surface area contributed by atoms with Crippen LogP contribution in [0.2, 0.25) is 0 Å². The lowest BCUT2D eigenvalue weighted by Crippen LogP contribution is -2.56. The molecule has 2 aromatic heterocycles. The van der Waals surface area contributed by atoms with Crippen molar-refractivity contribution in [3.8, 4) is 11.3 Å². The standard InChI is InChI=1S/C31H40N4O6/c1-6-22(36)13-8-7-9-14-24(33-27(37)21-18-35(19-21)30(39)41-31(2,3)4)28-32-17-26(40-28)23-16-20-12-10-11-15-25(20)34(5)29(23)38/h10-12,15-17,21,24H,6-9,13-14,18-19H2,1-5H3,(H,33,37). The van der Waals surface area contributed by atoms with Gasteiger partial charge < -0.3 is 23.9 Å². The van der Waals surface area contributed by atoms with Crippen LogP contribution in [0.5, 0.6) is 0 Å². The summed E-state index contributed by atoms with van der Waals surface area (Å²) >= 11 is 0. The largest absolute Gasteiger partial charge is 0.444 e. The lowest BCUT2D eigenvalue weighted by Gasteiger charge is -2.39. The van der Waals surface area contributed by atoms with E-state index in [1.807, 2.05) is 31.2 Å². The van der Waals surface area contributed by atoms with E-state index >= 15 is 0 Å². The zero-order chi connectivity index (χ0) is 29.7. The molecule has 1 aliphatic heterocycles. The van der Waals surface area contributed by atoms with Gasteiger partial charge in [0.1, 0.15) is 17.4 Å². The molecule has 0 aliphatic carbocycles. The van der Waals surface area contributed by atoms with Crippen LogP contribution in [0.1, 0.15) is 78.2 Å². The Morgan fingerprint density at radius 3 is 2.59 bits per heavy atom. The molecule has 10 heteroatoms. The fraction of sp³-hybridized carbons (Fsp3) is 0.516. The lowest BCUT2D eigenvalue weighted by atomic mass is 9.98. The van der Waals surface area contributed by atoms with Crippen LogP contribution in [0.4, 0.5) is 4.79 Å². The van der Waals surface area contributed by atoms with Gasteiger partial charge in [-0.15, -0.1) is 0 Å². The van der Waals surface area contributed by atoms with Gasteiger partial charge in [-0.25, -0.2) is 9.78 Å². The van der Waals surface area contributed by atoms with E-state index in [0.29, 0.717) is 36.5 Å². The molecule has 41 heavy (non-hydrogen) atoms. The maximum Gasteiger partial charge on any atom is 0.410 e. The van der Waals surface area contributed by atoms with Gasteiger partial charge in [-0.2, -0.15) is 0 Å². The van der Waals surface area contributed by atoms with Crippen molar-refractivity contribution in [2.24, 2.45) is 13.0 Å². The van der Waals surface area contributed by atoms with Crippen molar-refractivity contribution in [3.05, 3.63) is 52.8 Å². The number of hydrogen-bond acceptors (Lipinski definition) is 7. The molecule has 1 fully saturated rings. The smallest absolute Gasteiger partial charge is 0.410 e. The molecule has 1 N–H and O–H groups in total. The van der Waals surface area contributed by atoms with Crippen LogP contribution < -0.4 is 10.9 Å². The van der Waals surface area contributed by atoms with Gasteiger partial charge in [0, 0.05) is 33.0 Å². The number of para-hydroxylation sites is 1. The SMILES string of the molecule is CCC(=O)CCCCCC(NC(=O)C1CN(C(=O)OC(C)(C)C)C1)c1ncc(-c2cc3ccccc3n(C)c2=O)o1. The van der Waals surface area contributed by atoms with Crippen molar-refractivity contribution in [2.75, 3.05) is 13.1 Å². The molecular formula is C31H40N4O6. The van der Waals surface area contributed by atoms with Crippen molar-refractivity contribution in [1.29, 1.82) is 0 Å². The fourth-order valence-electron chi connectivity index (χ4n) is 4.86. The number of nitrogens with one attached hydrogen (secondary N) is 1. The molecule has 0 spiro atoms. The number of Topliss-reactive ketones (excluding diaryl/α,β-unsaturated/α-hetero) is 1. The number of hydrogen-bond donors (Lipinski definition) is 1. The number of fused-ring (bicyclic) bond motifs is 1. The number of ketones is 1. The fourth-order valence-corrected chi connectivity index (χ4v) is 4.86. The summed E-state index contributed by atoms with van der Waals surface area (Å²) in [5.41, 5.74) is 0.393. The third kappa shape index (κ3) is 7.42. The van der Waals surface area contributed by atoms with Crippen LogP contribution in [0.15, 0.2) is 45.7 Å². The Kier molecular flexibility index (Phi) is 9.30. The quantitative estimate of drug-likeness (QED) is 0.320. The number of pyridine rings is 1. The third-order valence-electron chi connectivity index (χ3n) is 7.28. The summed E-state index contributed by atoms with van der Waals surface area (Å²) in [5, 5.41) is 3.95. The van der Waals surface area contributed by atoms with E-state index in [-0.39, 0.29) is 36.3 Å². The van der Waals surface area contributed by atoms with Gasteiger partial charge in [-0.3, -0.25) is 14.4 Å². The number of unbranched alkanes of at least 4 members (excludes halogenated alkanes) is 2. The van der Waals surface area contributed by atoms with E-state index in [2.05, 4.69) is 10.3 Å². The summed E-state index contributed by atoms with van der Waals surface area (Å²) in [6.45, 7) is 7.82. The number of aromatic nitrogens is 2. The maximum atomic E-state index is 13.1. The molecule has 220 valence electrons. The average Bonchev–Trinajstić information content (AvgIpc) is 3.37. The summed E-state index contributed by atoms with van der Waals surface area (Å²) in [6, 6.07) is 8.89. The molecule has 1 atom stereocenters. The summed E-state index contributed by atoms with van der Waals surface area (Å²) < 4.78 is 13.1. The first-order chi connectivity index (χ1) is 19.5. The number of aryl methyl sites for hydroxylation is 1. The number of oxazole rings is 1. The Morgan fingerprint density at radius 2 is 1.88 bits per heavy atom. The molecule has 3 heterocycles. The molecule has 1 aliphatic rings. The highest BCUT2D eigenvalue weighted by atomic mass is 16.6. The number of ether oxygens (including phenoxy) is 1. The van der Waals surface area contributed by atoms with E-state index in [1.54, 1.807) is 38.5 Å². The zero-order valence-corrected chi connectivity index (χ0v) is 24.6. The summed E-state index contributed by atoms with van der Waals surface area (Å²) in [5.74, 6) is 0.325. The molecule has 0 radical (unpaired) electrons. The van der Waals surface area contributed by atoms with E-state index in [9.17, 15) is 19.2 Å². The lowest BCUT2D eigenvalue weighted by molar-refractivity contribution is -0.130. The van der Waals surface area contributed by atoms with Crippen molar-refractivity contribution < 1.29 is 23.5 Å². The molecule has 4 rings (SSSR count). The van der Waals surface area contributed by atoms with Gasteiger partial charge in [0.2, 0.25) is 11.8 Å². The summed E-state index contributed by atoms with van der Waals surface area (Å²) in [4.78, 5) is 56.2. The van der Waals surface area contributed by atoms with Crippen LogP contribution in [0.25, 0.3) is 22.2 Å². The predicted molar refractivity (Wildman–Crippen MR) is 155 cm³/mol. The second-order valence-electron chi connectivity index (χ2n) is 11.7. The first-order valence-electron chi connectivity index (χ1n) is 14.3. The van der Waals surface area contributed by atoms with Crippen molar-refractivity contribution in [1.82, 2.24) is 19.8 Å². The van der Waals surface area contributed by atoms with Crippen LogP contribution in [-0.4, -0.2) is 50.9 Å². The van der Waals surface area contributed by atoms with Gasteiger partial charge in [0.15, 0.2) is 5.76 Å². The number of carbonyl (C=O) groups is 3. The van der Waals surface area contributed by atoms with Crippen LogP contribution in [0.3, 0.4) is 0 Å². The van der Waals surface area contributed by atoms with Crippen LogP contribution in [-0.2, 0) is 21.4 Å². The molecule has 1 aromatic carbocycles. The molecule has 0 saturated carbocycles. The third-order valence-corrected chi connectivity index (χ3v) is 7.28. The minimum Gasteiger partial charge on any atom is -0.444 e. The van der Waals surface area contributed by atoms with Crippen molar-refractivity contribution in [3.63, 3.8) is 0 Å². The van der Waals surface area contributed by atoms with Crippen molar-refractivity contribution >= 4 is 28.7 Å². The molecular weight excluding hydrogens is 524 g/mol. The Bertz CT molecular complexity index is 1460. The van der Waals surface area contributed by atoms with Gasteiger partial charge in [-0.1, -0.05) is 38.0 Å². The Morgan fingerprint density at radius 1 is 1.15 bits per heavy atom. The normalized spacial score (nSPS) is 14.5. The predicted octanol–water partition coefficient (Wildman–Crippen LogP) is 5.15. The van der Waals surface area contributed by atoms with Crippen LogP contribution in [0, 0.1) is 5.92 Å². The molecule has 3 aromatic rings. The average molecular weight is 565 g/mol. The van der Waals surface area contributed by atoms with E-state index in [4.69, 9.17) is 9.15 Å². The molecule has 1 unspecified atom stereocenters. The molecule has 2 amide bonds. The first kappa shape index (κ1) is 30.0. The Balaban J connectivity index is 1.48. The minimum absolute atomic E-state index is 0.197. The van der Waals surface area contributed by atoms with E-state index in [1.165, 1.54) is 11.1 Å². The topological polar surface area (TPSA) is 124 Å². The Labute approximate surface area is 240 Å². The number of rotatable bonds is 11. The summed E-state index contributed by atoms with van der Waals surface area (Å²) in [6.07, 6.45) is 5.09. The maximum absolute atomic E-state index is 13.1. The highest BCUT2D eigenvalue weighted by molar-refractivity contribution is 5.84. The van der Waals surface area contributed by atoms with Gasteiger partial charge in [-0.05, 0) is 51.1 Å². The summed E-state index contributed by atoms with van der Waals surface area (Å²) in [7, 11) is 1.72. The molecule has 1 saturated heterocycles. The molecule has 10 nitrogen and oxygen atoms in total. The molecule has 0 bridgehead atoms. The number of nitrogens with zero attached hydrogens (tertiary/aromatic N) is 3. The first-order valence-corrected chi connectivity index (χ1v) is 14.3. The van der Waals surface area contributed by atoms with E-state index < -0.39 is 17.7 Å². The number of carbonyl (C=O) groups excluding carboxylic acids is 3. The van der Waals surface area contributed by atoms with Gasteiger partial charge >= 0.3 is 6.09 Å². The zero-order valence-electron chi connectivity index (χ0n) is 24.6. The monoisotopic (exact) mass is 564 g/mol. The highest BCUT2D eigenvalue weighted by Gasteiger charge is 2.39. The number of likely N-dealkylation sites (tertiary alicyclic amines) is 1. The van der Waals surface area contributed by atoms with Gasteiger partial charge in [0.25, 0.3) is 5.56 Å². The van der Waals surface area contributed by atoms with Crippen molar-refractivity contribution in [2.45, 2.75) is 77.9 Å². The Hall–Kier alpha value is -3.95. The number of amides is 2.